The molecule has 1 aromatic rings. The van der Waals surface area contributed by atoms with Crippen LogP contribution in [-0.4, -0.2) is 38.6 Å². The van der Waals surface area contributed by atoms with Crippen LogP contribution in [0.5, 0.6) is 0 Å². The van der Waals surface area contributed by atoms with Crippen molar-refractivity contribution in [2.45, 2.75) is 25.5 Å². The summed E-state index contributed by atoms with van der Waals surface area (Å²) < 4.78 is 24.2. The number of nitrogens with zero attached hydrogens (tertiary/aromatic N) is 2. The summed E-state index contributed by atoms with van der Waals surface area (Å²) in [5.74, 6) is -1.21. The van der Waals surface area contributed by atoms with Gasteiger partial charge in [-0.2, -0.15) is 5.26 Å². The minimum Gasteiger partial charge on any atom is -0.345 e. The van der Waals surface area contributed by atoms with Crippen LogP contribution >= 0.6 is 0 Å². The topological polar surface area (TPSA) is 78.2 Å². The maximum Gasteiger partial charge on any atom is 0.237 e. The molecule has 0 aliphatic carbocycles. The lowest BCUT2D eigenvalue weighted by Crippen LogP contribution is -2.33. The molecule has 0 N–H and O–H groups in total. The van der Waals surface area contributed by atoms with Crippen LogP contribution in [0.15, 0.2) is 24.3 Å². The molecule has 114 valence electrons. The van der Waals surface area contributed by atoms with Crippen LogP contribution in [0.2, 0.25) is 0 Å². The molecule has 0 fully saturated rings. The van der Waals surface area contributed by atoms with Crippen molar-refractivity contribution in [2.24, 2.45) is 0 Å². The summed E-state index contributed by atoms with van der Waals surface area (Å²) in [4.78, 5) is 13.3. The van der Waals surface area contributed by atoms with Gasteiger partial charge < -0.3 is 4.90 Å². The van der Waals surface area contributed by atoms with Crippen LogP contribution in [0, 0.1) is 11.3 Å². The van der Waals surface area contributed by atoms with Gasteiger partial charge in [-0.25, -0.2) is 8.42 Å². The van der Waals surface area contributed by atoms with Crippen molar-refractivity contribution >= 4 is 15.7 Å². The fraction of sp³-hybridized carbons (Fsp3) is 0.467. The van der Waals surface area contributed by atoms with Crippen molar-refractivity contribution in [3.8, 4) is 6.07 Å². The average Bonchev–Trinajstić information content (AvgIpc) is 2.44. The molecule has 21 heavy (non-hydrogen) atoms. The van der Waals surface area contributed by atoms with E-state index < -0.39 is 21.5 Å². The molecule has 0 bridgehead atoms. The van der Waals surface area contributed by atoms with E-state index >= 15 is 0 Å². The number of carbonyl (C=O) groups excluding carboxylic acids is 1. The van der Waals surface area contributed by atoms with E-state index in [0.29, 0.717) is 17.7 Å². The van der Waals surface area contributed by atoms with Gasteiger partial charge in [0.15, 0.2) is 9.84 Å². The molecule has 0 saturated heterocycles. The van der Waals surface area contributed by atoms with Gasteiger partial charge in [0.25, 0.3) is 0 Å². The first-order chi connectivity index (χ1) is 9.89. The Morgan fingerprint density at radius 3 is 2.62 bits per heavy atom. The molecule has 1 amide bonds. The second-order valence-corrected chi connectivity index (χ2v) is 7.03. The van der Waals surface area contributed by atoms with Crippen molar-refractivity contribution in [1.29, 1.82) is 5.26 Å². The van der Waals surface area contributed by atoms with Gasteiger partial charge in [-0.3, -0.25) is 4.79 Å². The predicted octanol–water partition coefficient (Wildman–Crippen LogP) is 1.73. The first kappa shape index (κ1) is 17.2. The standard InChI is InChI=1S/C15H20N2O3S/c1-3-4-9-17(2)15(18)12-21(19,20)11-14-8-6-5-7-13(14)10-16/h5-8H,3-4,9,11-12H2,1-2H3. The van der Waals surface area contributed by atoms with E-state index in [4.69, 9.17) is 5.26 Å². The molecule has 6 heteroatoms. The molecule has 0 unspecified atom stereocenters. The molecular formula is C15H20N2O3S. The van der Waals surface area contributed by atoms with Gasteiger partial charge in [-0.05, 0) is 18.1 Å². The predicted molar refractivity (Wildman–Crippen MR) is 81.2 cm³/mol. The largest absolute Gasteiger partial charge is 0.345 e. The number of carbonyl (C=O) groups is 1. The molecule has 5 nitrogen and oxygen atoms in total. The Balaban J connectivity index is 2.74. The Morgan fingerprint density at radius 1 is 1.33 bits per heavy atom. The highest BCUT2D eigenvalue weighted by Gasteiger charge is 2.21. The van der Waals surface area contributed by atoms with Crippen molar-refractivity contribution in [2.75, 3.05) is 19.3 Å². The first-order valence-corrected chi connectivity index (χ1v) is 8.64. The number of nitriles is 1. The van der Waals surface area contributed by atoms with Gasteiger partial charge in [-0.1, -0.05) is 31.5 Å². The zero-order valence-electron chi connectivity index (χ0n) is 12.4. The van der Waals surface area contributed by atoms with E-state index in [1.807, 2.05) is 13.0 Å². The van der Waals surface area contributed by atoms with Crippen molar-refractivity contribution in [3.05, 3.63) is 35.4 Å². The average molecular weight is 308 g/mol. The Hall–Kier alpha value is -1.87. The number of benzene rings is 1. The normalized spacial score (nSPS) is 10.9. The van der Waals surface area contributed by atoms with Crippen LogP contribution in [-0.2, 0) is 20.4 Å². The number of unbranched alkanes of at least 4 members (excludes halogenated alkanes) is 1. The molecule has 0 aromatic heterocycles. The number of sulfone groups is 1. The molecule has 1 rings (SSSR count). The number of rotatable bonds is 7. The van der Waals surface area contributed by atoms with E-state index in [-0.39, 0.29) is 5.75 Å². The van der Waals surface area contributed by atoms with Crippen LogP contribution in [0.4, 0.5) is 0 Å². The van der Waals surface area contributed by atoms with E-state index in [2.05, 4.69) is 0 Å². The summed E-state index contributed by atoms with van der Waals surface area (Å²) in [5.41, 5.74) is 0.761. The van der Waals surface area contributed by atoms with Crippen molar-refractivity contribution in [1.82, 2.24) is 4.90 Å². The molecule has 0 aliphatic rings. The van der Waals surface area contributed by atoms with E-state index in [9.17, 15) is 13.2 Å². The highest BCUT2D eigenvalue weighted by molar-refractivity contribution is 7.91. The monoisotopic (exact) mass is 308 g/mol. The van der Waals surface area contributed by atoms with Crippen LogP contribution in [0.25, 0.3) is 0 Å². The van der Waals surface area contributed by atoms with E-state index in [1.54, 1.807) is 31.3 Å². The summed E-state index contributed by atoms with van der Waals surface area (Å²) in [7, 11) is -1.97. The minimum atomic E-state index is -3.58. The maximum absolute atomic E-state index is 12.1. The van der Waals surface area contributed by atoms with Gasteiger partial charge in [0, 0.05) is 13.6 Å². The van der Waals surface area contributed by atoms with E-state index in [1.165, 1.54) is 4.90 Å². The second-order valence-electron chi connectivity index (χ2n) is 4.97. The fourth-order valence-corrected chi connectivity index (χ4v) is 3.29. The lowest BCUT2D eigenvalue weighted by molar-refractivity contribution is -0.127. The minimum absolute atomic E-state index is 0.288. The quantitative estimate of drug-likeness (QED) is 0.768. The zero-order valence-corrected chi connectivity index (χ0v) is 13.2. The summed E-state index contributed by atoms with van der Waals surface area (Å²) >= 11 is 0. The molecule has 0 aliphatic heterocycles. The third kappa shape index (κ3) is 5.56. The molecular weight excluding hydrogens is 288 g/mol. The first-order valence-electron chi connectivity index (χ1n) is 6.82. The smallest absolute Gasteiger partial charge is 0.237 e. The molecule has 0 saturated carbocycles. The van der Waals surface area contributed by atoms with E-state index in [0.717, 1.165) is 12.8 Å². The molecule has 0 radical (unpaired) electrons. The lowest BCUT2D eigenvalue weighted by Gasteiger charge is -2.16. The third-order valence-electron chi connectivity index (χ3n) is 3.13. The third-order valence-corrected chi connectivity index (χ3v) is 4.57. The highest BCUT2D eigenvalue weighted by Crippen LogP contribution is 2.12. The Kier molecular flexibility index (Phi) is 6.38. The van der Waals surface area contributed by atoms with Crippen molar-refractivity contribution < 1.29 is 13.2 Å². The molecule has 0 heterocycles. The SMILES string of the molecule is CCCCN(C)C(=O)CS(=O)(=O)Cc1ccccc1C#N. The Labute approximate surface area is 126 Å². The summed E-state index contributed by atoms with van der Waals surface area (Å²) in [6, 6.07) is 8.49. The lowest BCUT2D eigenvalue weighted by atomic mass is 10.1. The summed E-state index contributed by atoms with van der Waals surface area (Å²) in [6.45, 7) is 2.56. The van der Waals surface area contributed by atoms with Gasteiger partial charge in [-0.15, -0.1) is 0 Å². The molecule has 1 aromatic carbocycles. The second kappa shape index (κ2) is 7.79. The number of hydrogen-bond acceptors (Lipinski definition) is 4. The molecule has 0 atom stereocenters. The van der Waals surface area contributed by atoms with Crippen LogP contribution < -0.4 is 0 Å². The number of amides is 1. The van der Waals surface area contributed by atoms with Crippen molar-refractivity contribution in [3.63, 3.8) is 0 Å². The fourth-order valence-electron chi connectivity index (χ4n) is 1.86. The van der Waals surface area contributed by atoms with Gasteiger partial charge in [0.1, 0.15) is 5.75 Å². The Bertz CT molecular complexity index is 633. The van der Waals surface area contributed by atoms with Gasteiger partial charge in [0.05, 0.1) is 17.4 Å². The summed E-state index contributed by atoms with van der Waals surface area (Å²) in [5, 5.41) is 8.96. The molecule has 0 spiro atoms. The van der Waals surface area contributed by atoms with Gasteiger partial charge in [0.2, 0.25) is 5.91 Å². The van der Waals surface area contributed by atoms with Crippen LogP contribution in [0.3, 0.4) is 0 Å². The Morgan fingerprint density at radius 2 is 2.00 bits per heavy atom. The van der Waals surface area contributed by atoms with Crippen LogP contribution in [0.1, 0.15) is 30.9 Å². The zero-order chi connectivity index (χ0) is 15.9. The number of hydrogen-bond donors (Lipinski definition) is 0. The summed E-state index contributed by atoms with van der Waals surface area (Å²) in [6.07, 6.45) is 1.79. The highest BCUT2D eigenvalue weighted by atomic mass is 32.2. The van der Waals surface area contributed by atoms with Gasteiger partial charge >= 0.3 is 0 Å². The maximum atomic E-state index is 12.1.